The summed E-state index contributed by atoms with van der Waals surface area (Å²) < 4.78 is 7.60. The second kappa shape index (κ2) is 6.16. The van der Waals surface area contributed by atoms with Crippen molar-refractivity contribution in [1.29, 1.82) is 0 Å². The van der Waals surface area contributed by atoms with Gasteiger partial charge in [-0.05, 0) is 32.2 Å². The Hall–Kier alpha value is -1.88. The minimum absolute atomic E-state index is 0.586. The lowest BCUT2D eigenvalue weighted by molar-refractivity contribution is 0.286. The van der Waals surface area contributed by atoms with Gasteiger partial charge in [0.05, 0.1) is 12.2 Å². The Labute approximate surface area is 107 Å². The van der Waals surface area contributed by atoms with Crippen LogP contribution in [0.3, 0.4) is 0 Å². The number of pyridine rings is 1. The third-order valence-corrected chi connectivity index (χ3v) is 2.55. The zero-order chi connectivity index (χ0) is 12.8. The monoisotopic (exact) mass is 246 g/mol. The molecule has 5 nitrogen and oxygen atoms in total. The quantitative estimate of drug-likeness (QED) is 0.836. The summed E-state index contributed by atoms with van der Waals surface area (Å²) in [7, 11) is 1.90. The number of hydrogen-bond acceptors (Lipinski definition) is 4. The average Bonchev–Trinajstić information content (AvgIpc) is 2.85. The van der Waals surface area contributed by atoms with Crippen LogP contribution in [0.25, 0.3) is 0 Å². The third kappa shape index (κ3) is 3.30. The van der Waals surface area contributed by atoms with Gasteiger partial charge in [-0.2, -0.15) is 5.10 Å². The Kier molecular flexibility index (Phi) is 4.30. The van der Waals surface area contributed by atoms with Crippen LogP contribution in [-0.4, -0.2) is 28.4 Å². The zero-order valence-electron chi connectivity index (χ0n) is 10.8. The molecule has 0 fully saturated rings. The van der Waals surface area contributed by atoms with Crippen LogP contribution in [0.4, 0.5) is 0 Å². The largest absolute Gasteiger partial charge is 0.490 e. The first-order valence-electron chi connectivity index (χ1n) is 6.01. The van der Waals surface area contributed by atoms with Crippen molar-refractivity contribution in [1.82, 2.24) is 20.1 Å². The maximum Gasteiger partial charge on any atom is 0.142 e. The Morgan fingerprint density at radius 3 is 3.00 bits per heavy atom. The molecule has 0 atom stereocenters. The molecule has 18 heavy (non-hydrogen) atoms. The summed E-state index contributed by atoms with van der Waals surface area (Å²) in [5.74, 6) is 0.835. The molecule has 2 rings (SSSR count). The molecule has 96 valence electrons. The van der Waals surface area contributed by atoms with E-state index in [1.807, 2.05) is 43.0 Å². The van der Waals surface area contributed by atoms with E-state index in [4.69, 9.17) is 4.74 Å². The molecule has 0 aliphatic carbocycles. The first-order chi connectivity index (χ1) is 8.79. The fraction of sp³-hybridized carbons (Fsp3) is 0.385. The van der Waals surface area contributed by atoms with E-state index in [0.29, 0.717) is 13.2 Å². The molecular weight excluding hydrogens is 228 g/mol. The highest BCUT2D eigenvalue weighted by atomic mass is 16.5. The van der Waals surface area contributed by atoms with Gasteiger partial charge in [0.1, 0.15) is 12.4 Å². The summed E-state index contributed by atoms with van der Waals surface area (Å²) in [6, 6.07) is 5.83. The molecular formula is C13H18N4O. The number of ether oxygens (including phenoxy) is 1. The zero-order valence-corrected chi connectivity index (χ0v) is 10.8. The van der Waals surface area contributed by atoms with E-state index in [1.54, 1.807) is 6.20 Å². The normalized spacial score (nSPS) is 10.6. The van der Waals surface area contributed by atoms with Crippen LogP contribution in [0.2, 0.25) is 0 Å². The standard InChI is InChI=1S/C13H18N4O/c1-11-4-5-13(12(16-11)10-14-2)18-9-8-17-7-3-6-15-17/h3-7,14H,8-10H2,1-2H3. The fourth-order valence-corrected chi connectivity index (χ4v) is 1.71. The number of aryl methyl sites for hydroxylation is 1. The van der Waals surface area contributed by atoms with Gasteiger partial charge < -0.3 is 10.1 Å². The summed E-state index contributed by atoms with van der Waals surface area (Å²) in [6.07, 6.45) is 3.69. The van der Waals surface area contributed by atoms with E-state index >= 15 is 0 Å². The van der Waals surface area contributed by atoms with Crippen molar-refractivity contribution in [2.45, 2.75) is 20.0 Å². The van der Waals surface area contributed by atoms with Gasteiger partial charge in [0.15, 0.2) is 0 Å². The van der Waals surface area contributed by atoms with Crippen LogP contribution >= 0.6 is 0 Å². The molecule has 2 aromatic rings. The Balaban J connectivity index is 1.95. The number of nitrogens with zero attached hydrogens (tertiary/aromatic N) is 3. The highest BCUT2D eigenvalue weighted by Crippen LogP contribution is 2.16. The van der Waals surface area contributed by atoms with Crippen LogP contribution < -0.4 is 10.1 Å². The Bertz CT molecular complexity index is 482. The van der Waals surface area contributed by atoms with Crippen LogP contribution in [0.5, 0.6) is 5.75 Å². The van der Waals surface area contributed by atoms with E-state index in [2.05, 4.69) is 15.4 Å². The van der Waals surface area contributed by atoms with Gasteiger partial charge in [-0.3, -0.25) is 9.67 Å². The Morgan fingerprint density at radius 2 is 2.28 bits per heavy atom. The molecule has 0 amide bonds. The van der Waals surface area contributed by atoms with Crippen molar-refractivity contribution >= 4 is 0 Å². The van der Waals surface area contributed by atoms with Gasteiger partial charge in [0.2, 0.25) is 0 Å². The van der Waals surface area contributed by atoms with Gasteiger partial charge >= 0.3 is 0 Å². The molecule has 1 N–H and O–H groups in total. The predicted molar refractivity (Wildman–Crippen MR) is 69.5 cm³/mol. The number of rotatable bonds is 6. The molecule has 2 aromatic heterocycles. The molecule has 0 aliphatic rings. The predicted octanol–water partition coefficient (Wildman–Crippen LogP) is 1.38. The van der Waals surface area contributed by atoms with Crippen molar-refractivity contribution < 1.29 is 4.74 Å². The topological polar surface area (TPSA) is 52.0 Å². The molecule has 0 radical (unpaired) electrons. The van der Waals surface area contributed by atoms with Crippen molar-refractivity contribution in [2.24, 2.45) is 0 Å². The smallest absolute Gasteiger partial charge is 0.142 e. The number of nitrogens with one attached hydrogen (secondary N) is 1. The highest BCUT2D eigenvalue weighted by molar-refractivity contribution is 5.29. The molecule has 0 bridgehead atoms. The average molecular weight is 246 g/mol. The number of hydrogen-bond donors (Lipinski definition) is 1. The summed E-state index contributed by atoms with van der Waals surface area (Å²) in [5.41, 5.74) is 1.94. The summed E-state index contributed by atoms with van der Waals surface area (Å²) >= 11 is 0. The summed E-state index contributed by atoms with van der Waals surface area (Å²) in [4.78, 5) is 4.47. The summed E-state index contributed by atoms with van der Waals surface area (Å²) in [5, 5.41) is 7.22. The Morgan fingerprint density at radius 1 is 1.39 bits per heavy atom. The third-order valence-electron chi connectivity index (χ3n) is 2.55. The maximum atomic E-state index is 5.75. The molecule has 0 unspecified atom stereocenters. The SMILES string of the molecule is CNCc1nc(C)ccc1OCCn1cccn1. The van der Waals surface area contributed by atoms with E-state index in [0.717, 1.165) is 23.7 Å². The lowest BCUT2D eigenvalue weighted by Crippen LogP contribution is -2.13. The second-order valence-corrected chi connectivity index (χ2v) is 4.05. The van der Waals surface area contributed by atoms with Crippen LogP contribution in [0, 0.1) is 6.92 Å². The van der Waals surface area contributed by atoms with Gasteiger partial charge in [-0.25, -0.2) is 0 Å². The van der Waals surface area contributed by atoms with Gasteiger partial charge in [-0.15, -0.1) is 0 Å². The van der Waals surface area contributed by atoms with Crippen molar-refractivity contribution in [2.75, 3.05) is 13.7 Å². The maximum absolute atomic E-state index is 5.75. The van der Waals surface area contributed by atoms with Crippen molar-refractivity contribution in [3.8, 4) is 5.75 Å². The van der Waals surface area contributed by atoms with Crippen molar-refractivity contribution in [3.63, 3.8) is 0 Å². The molecule has 0 spiro atoms. The van der Waals surface area contributed by atoms with Crippen LogP contribution in [0.15, 0.2) is 30.6 Å². The molecule has 0 saturated heterocycles. The van der Waals surface area contributed by atoms with E-state index < -0.39 is 0 Å². The molecule has 0 aliphatic heterocycles. The molecule has 0 aromatic carbocycles. The first kappa shape index (κ1) is 12.6. The lowest BCUT2D eigenvalue weighted by atomic mass is 10.3. The van der Waals surface area contributed by atoms with Gasteiger partial charge in [0.25, 0.3) is 0 Å². The fourth-order valence-electron chi connectivity index (χ4n) is 1.71. The van der Waals surface area contributed by atoms with E-state index in [9.17, 15) is 0 Å². The summed E-state index contributed by atoms with van der Waals surface area (Å²) in [6.45, 7) is 4.01. The highest BCUT2D eigenvalue weighted by Gasteiger charge is 2.05. The van der Waals surface area contributed by atoms with E-state index in [-0.39, 0.29) is 0 Å². The van der Waals surface area contributed by atoms with Crippen LogP contribution in [-0.2, 0) is 13.1 Å². The van der Waals surface area contributed by atoms with Gasteiger partial charge in [0, 0.05) is 24.6 Å². The minimum atomic E-state index is 0.586. The lowest BCUT2D eigenvalue weighted by Gasteiger charge is -2.11. The minimum Gasteiger partial charge on any atom is -0.490 e. The molecule has 0 saturated carbocycles. The van der Waals surface area contributed by atoms with Crippen molar-refractivity contribution in [3.05, 3.63) is 42.0 Å². The van der Waals surface area contributed by atoms with Crippen LogP contribution in [0.1, 0.15) is 11.4 Å². The van der Waals surface area contributed by atoms with Gasteiger partial charge in [-0.1, -0.05) is 0 Å². The second-order valence-electron chi connectivity index (χ2n) is 4.05. The molecule has 5 heteroatoms. The molecule has 2 heterocycles. The first-order valence-corrected chi connectivity index (χ1v) is 6.01. The number of aromatic nitrogens is 3. The van der Waals surface area contributed by atoms with E-state index in [1.165, 1.54) is 0 Å².